The molecule has 0 amide bonds. The number of hydrogen-bond acceptors (Lipinski definition) is 0. The number of nitrogens with zero attached hydrogens (tertiary/aromatic N) is 8. The van der Waals surface area contributed by atoms with Gasteiger partial charge in [0.15, 0.2) is 22.8 Å². The first-order valence-corrected chi connectivity index (χ1v) is 19.7. The number of fused-ring (bicyclic) bond motifs is 8. The van der Waals surface area contributed by atoms with Gasteiger partial charge < -0.3 is 19.9 Å². The second kappa shape index (κ2) is 13.6. The van der Waals surface area contributed by atoms with E-state index in [0.717, 1.165) is 115 Å². The molecular formula is C44H52N12+4. The smallest absolute Gasteiger partial charge is 0.244 e. The second-order valence-corrected chi connectivity index (χ2v) is 15.0. The second-order valence-electron chi connectivity index (χ2n) is 15.0. The molecule has 9 rings (SSSR count). The van der Waals surface area contributed by atoms with E-state index in [4.69, 9.17) is 0 Å². The molecule has 9 heterocycles. The third-order valence-corrected chi connectivity index (χ3v) is 11.1. The molecule has 1 aliphatic rings. The lowest BCUT2D eigenvalue weighted by atomic mass is 10.1. The van der Waals surface area contributed by atoms with Crippen LogP contribution < -0.4 is 39.7 Å². The summed E-state index contributed by atoms with van der Waals surface area (Å²) in [7, 11) is 8.37. The molecule has 284 valence electrons. The van der Waals surface area contributed by atoms with Crippen molar-refractivity contribution in [1.29, 1.82) is 0 Å². The number of aromatic nitrogens is 12. The van der Waals surface area contributed by atoms with Crippen LogP contribution in [-0.4, -0.2) is 38.2 Å². The number of aromatic amines is 4. The highest BCUT2D eigenvalue weighted by Crippen LogP contribution is 2.27. The van der Waals surface area contributed by atoms with Gasteiger partial charge in [-0.05, 0) is 76.2 Å². The van der Waals surface area contributed by atoms with Gasteiger partial charge in [0.25, 0.3) is 0 Å². The summed E-state index contributed by atoms with van der Waals surface area (Å²) in [4.78, 5) is 15.8. The molecule has 1 aliphatic heterocycles. The van der Waals surface area contributed by atoms with Gasteiger partial charge in [0.2, 0.25) is 25.3 Å². The highest BCUT2D eigenvalue weighted by atomic mass is 15.1. The van der Waals surface area contributed by atoms with Crippen molar-refractivity contribution in [3.8, 4) is 0 Å². The van der Waals surface area contributed by atoms with E-state index in [2.05, 4.69) is 211 Å². The van der Waals surface area contributed by atoms with E-state index in [0.29, 0.717) is 0 Å². The van der Waals surface area contributed by atoms with Gasteiger partial charge in [-0.15, -0.1) is 0 Å². The number of hydrogen-bond donors (Lipinski definition) is 4. The Hall–Kier alpha value is -6.56. The topological polar surface area (TPSA) is 98.4 Å². The summed E-state index contributed by atoms with van der Waals surface area (Å²) < 4.78 is 17.8. The molecule has 0 radical (unpaired) electrons. The summed E-state index contributed by atoms with van der Waals surface area (Å²) in [6.45, 7) is 12.1. The monoisotopic (exact) mass is 748 g/mol. The molecule has 0 atom stereocenters. The first kappa shape index (κ1) is 35.2. The number of H-pyrrole nitrogens is 4. The predicted molar refractivity (Wildman–Crippen MR) is 213 cm³/mol. The molecule has 0 saturated heterocycles. The fourth-order valence-corrected chi connectivity index (χ4v) is 8.60. The summed E-state index contributed by atoms with van der Waals surface area (Å²) in [6, 6.07) is 17.8. The molecule has 0 spiro atoms. The van der Waals surface area contributed by atoms with Crippen LogP contribution in [0.15, 0.2) is 98.6 Å². The van der Waals surface area contributed by atoms with E-state index in [1.807, 2.05) is 0 Å². The highest BCUT2D eigenvalue weighted by molar-refractivity contribution is 5.82. The van der Waals surface area contributed by atoms with Crippen molar-refractivity contribution < 1.29 is 18.3 Å². The van der Waals surface area contributed by atoms with Crippen molar-refractivity contribution in [1.82, 2.24) is 38.2 Å². The lowest BCUT2D eigenvalue weighted by Crippen LogP contribution is -2.24. The van der Waals surface area contributed by atoms with Crippen LogP contribution in [-0.2, 0) is 54.4 Å². The number of rotatable bonds is 8. The van der Waals surface area contributed by atoms with Crippen LogP contribution in [0.5, 0.6) is 0 Å². The van der Waals surface area contributed by atoms with Crippen molar-refractivity contribution in [3.63, 3.8) is 0 Å². The summed E-state index contributed by atoms with van der Waals surface area (Å²) in [5.74, 6) is 0. The van der Waals surface area contributed by atoms with Crippen LogP contribution in [0.1, 0.15) is 73.2 Å². The molecule has 0 fully saturated rings. The van der Waals surface area contributed by atoms with Gasteiger partial charge in [-0.1, -0.05) is 0 Å². The minimum absolute atomic E-state index is 0.839. The zero-order valence-corrected chi connectivity index (χ0v) is 33.6. The van der Waals surface area contributed by atoms with Gasteiger partial charge >= 0.3 is 0 Å². The van der Waals surface area contributed by atoms with E-state index in [-0.39, 0.29) is 0 Å². The number of imidazole rings is 4. The van der Waals surface area contributed by atoms with Crippen molar-refractivity contribution in [2.24, 2.45) is 28.2 Å². The maximum Gasteiger partial charge on any atom is 0.244 e. The molecule has 8 bridgehead atoms. The summed E-state index contributed by atoms with van der Waals surface area (Å²) in [5, 5.41) is 4.13. The SMILES string of the molecule is CCn1c[n+](C)cc1C1=c2ccc([nH]2)=C(c2c[n+](C)cn2CC)c2ccc([nH]2)C(c2c[n+](C)cn2CC)=c2ccc([nH]2)=C(c2c[n+](C)cn2CC)c2ccc1[nH]2. The molecule has 0 aliphatic carbocycles. The Labute approximate surface area is 325 Å². The van der Waals surface area contributed by atoms with Crippen molar-refractivity contribution in [2.45, 2.75) is 53.9 Å². The molecule has 8 aromatic heterocycles. The van der Waals surface area contributed by atoms with Gasteiger partial charge in [-0.2, -0.15) is 0 Å². The molecule has 0 aromatic carbocycles. The first-order chi connectivity index (χ1) is 27.2. The first-order valence-electron chi connectivity index (χ1n) is 19.7. The maximum atomic E-state index is 3.95. The fourth-order valence-electron chi connectivity index (χ4n) is 8.60. The largest absolute Gasteiger partial charge is 0.354 e. The molecule has 4 N–H and O–H groups in total. The lowest BCUT2D eigenvalue weighted by Gasteiger charge is -2.07. The average molecular weight is 749 g/mol. The third kappa shape index (κ3) is 5.75. The standard InChI is InChI=1S/C44H52N12/c1-9-53-25-49(5)21-37(53)41-29-13-15-31(45-29)42(38-22-50(6)26-54(38)10-2)33-17-19-35(47-33)44(40-24-52(8)28-56(40)12-4)36-20-18-34(48-36)43(32-16-14-30(41)46-32)39-23-51(7)27-55(39)11-3/h13-28,45-48H,9-12H2,1-8H3/q+4. The normalized spacial score (nSPS) is 13.1. The van der Waals surface area contributed by atoms with Crippen LogP contribution in [0.3, 0.4) is 0 Å². The van der Waals surface area contributed by atoms with E-state index in [9.17, 15) is 0 Å². The van der Waals surface area contributed by atoms with Crippen LogP contribution >= 0.6 is 0 Å². The van der Waals surface area contributed by atoms with Gasteiger partial charge in [0.05, 0.1) is 121 Å². The van der Waals surface area contributed by atoms with E-state index < -0.39 is 0 Å². The molecule has 0 unspecified atom stereocenters. The minimum Gasteiger partial charge on any atom is -0.354 e. The van der Waals surface area contributed by atoms with Crippen LogP contribution in [0.2, 0.25) is 0 Å². The van der Waals surface area contributed by atoms with Crippen molar-refractivity contribution in [3.05, 3.63) is 166 Å². The predicted octanol–water partition coefficient (Wildman–Crippen LogP) is 0.885. The van der Waals surface area contributed by atoms with Gasteiger partial charge in [-0.3, -0.25) is 0 Å². The van der Waals surface area contributed by atoms with E-state index in [1.54, 1.807) is 0 Å². The number of aryl methyl sites for hydroxylation is 8. The highest BCUT2D eigenvalue weighted by Gasteiger charge is 2.27. The Bertz CT molecular complexity index is 2620. The Kier molecular flexibility index (Phi) is 8.56. The number of nitrogens with one attached hydrogen (secondary N) is 4. The minimum atomic E-state index is 0.839. The van der Waals surface area contributed by atoms with Crippen LogP contribution in [0.4, 0.5) is 0 Å². The maximum absolute atomic E-state index is 3.95. The van der Waals surface area contributed by atoms with Gasteiger partial charge in [-0.25, -0.2) is 36.5 Å². The third-order valence-electron chi connectivity index (χ3n) is 11.1. The Morgan fingerprint density at radius 1 is 0.357 bits per heavy atom. The lowest BCUT2D eigenvalue weighted by molar-refractivity contribution is -0.671. The molecule has 12 heteroatoms. The Balaban J connectivity index is 1.47. The van der Waals surface area contributed by atoms with Gasteiger partial charge in [0, 0.05) is 0 Å². The van der Waals surface area contributed by atoms with Crippen molar-refractivity contribution >= 4 is 22.3 Å². The zero-order chi connectivity index (χ0) is 38.8. The average Bonchev–Trinajstić information content (AvgIpc) is 4.03. The molecule has 56 heavy (non-hydrogen) atoms. The summed E-state index contributed by atoms with van der Waals surface area (Å²) >= 11 is 0. The van der Waals surface area contributed by atoms with Crippen LogP contribution in [0, 0.1) is 0 Å². The fraction of sp³-hybridized carbons (Fsp3) is 0.273. The van der Waals surface area contributed by atoms with Gasteiger partial charge in [0.1, 0.15) is 24.8 Å². The zero-order valence-electron chi connectivity index (χ0n) is 33.6. The summed E-state index contributed by atoms with van der Waals surface area (Å²) in [5.41, 5.74) is 13.1. The molecule has 0 saturated carbocycles. The van der Waals surface area contributed by atoms with E-state index in [1.165, 1.54) is 0 Å². The molecule has 12 nitrogen and oxygen atoms in total. The molecule has 8 aromatic rings. The molecular weight excluding hydrogens is 697 g/mol. The Morgan fingerprint density at radius 3 is 0.804 bits per heavy atom. The van der Waals surface area contributed by atoms with Crippen LogP contribution in [0.25, 0.3) is 22.3 Å². The van der Waals surface area contributed by atoms with E-state index >= 15 is 0 Å². The van der Waals surface area contributed by atoms with Crippen molar-refractivity contribution in [2.75, 3.05) is 0 Å². The quantitative estimate of drug-likeness (QED) is 0.166. The Morgan fingerprint density at radius 2 is 0.589 bits per heavy atom. The summed E-state index contributed by atoms with van der Waals surface area (Å²) in [6.07, 6.45) is 17.5.